The molecule has 0 saturated carbocycles. The molecule has 3 atom stereocenters. The maximum atomic E-state index is 5.43. The molecule has 0 fully saturated rings. The van der Waals surface area contributed by atoms with Crippen LogP contribution in [0.25, 0.3) is 0 Å². The van der Waals surface area contributed by atoms with Crippen molar-refractivity contribution in [2.45, 2.75) is 72.3 Å². The van der Waals surface area contributed by atoms with Crippen LogP contribution in [0.15, 0.2) is 48.1 Å². The van der Waals surface area contributed by atoms with Gasteiger partial charge in [0.1, 0.15) is 0 Å². The Bertz CT molecular complexity index is 576. The normalized spacial score (nSPS) is 21.0. The number of rotatable bonds is 10. The van der Waals surface area contributed by atoms with E-state index in [-0.39, 0.29) is 5.41 Å². The van der Waals surface area contributed by atoms with Gasteiger partial charge in [-0.3, -0.25) is 0 Å². The zero-order chi connectivity index (χ0) is 19.7. The quantitative estimate of drug-likeness (QED) is 0.351. The lowest BCUT2D eigenvalue weighted by atomic mass is 9.76. The van der Waals surface area contributed by atoms with Crippen molar-refractivity contribution in [1.29, 1.82) is 0 Å². The van der Waals surface area contributed by atoms with Gasteiger partial charge in [0.15, 0.2) is 0 Å². The molecule has 1 nitrogen and oxygen atoms in total. The molecule has 0 spiro atoms. The van der Waals surface area contributed by atoms with Crippen LogP contribution in [0.2, 0.25) is 0 Å². The van der Waals surface area contributed by atoms with Crippen LogP contribution in [0.4, 0.5) is 0 Å². The summed E-state index contributed by atoms with van der Waals surface area (Å²) in [6, 6.07) is 0.478. The van der Waals surface area contributed by atoms with Gasteiger partial charge in [0.2, 0.25) is 0 Å². The fourth-order valence-electron chi connectivity index (χ4n) is 3.57. The minimum absolute atomic E-state index is 0.202. The lowest BCUT2D eigenvalue weighted by Gasteiger charge is -2.31. The van der Waals surface area contributed by atoms with Gasteiger partial charge in [-0.1, -0.05) is 70.2 Å². The standard InChI is InChI=1S/C25H39N/c1-9-10-16-23(26-8)18-22-15-12-17-24(21(22)4)19(2)13-11-14-20(3)25(5,6)7/h1,12,15,17,21-23,26H,2-3,10-11,13-14,16,18H2,4-8H3. The molecular weight excluding hydrogens is 314 g/mol. The lowest BCUT2D eigenvalue weighted by Crippen LogP contribution is -2.30. The smallest absolute Gasteiger partial charge is 0.0101 e. The summed E-state index contributed by atoms with van der Waals surface area (Å²) in [5.74, 6) is 3.82. The summed E-state index contributed by atoms with van der Waals surface area (Å²) in [4.78, 5) is 0. The molecule has 26 heavy (non-hydrogen) atoms. The summed E-state index contributed by atoms with van der Waals surface area (Å²) < 4.78 is 0. The molecule has 144 valence electrons. The Hall–Kier alpha value is -1.52. The summed E-state index contributed by atoms with van der Waals surface area (Å²) in [6.45, 7) is 17.7. The molecule has 1 aliphatic rings. The first kappa shape index (κ1) is 22.5. The molecule has 1 aliphatic carbocycles. The van der Waals surface area contributed by atoms with Gasteiger partial charge in [0.25, 0.3) is 0 Å². The van der Waals surface area contributed by atoms with E-state index in [4.69, 9.17) is 6.42 Å². The summed E-state index contributed by atoms with van der Waals surface area (Å²) in [7, 11) is 2.04. The Morgan fingerprint density at radius 1 is 1.31 bits per heavy atom. The second-order valence-corrected chi connectivity index (χ2v) is 8.73. The van der Waals surface area contributed by atoms with Crippen LogP contribution < -0.4 is 5.32 Å². The highest BCUT2D eigenvalue weighted by atomic mass is 14.9. The van der Waals surface area contributed by atoms with E-state index in [9.17, 15) is 0 Å². The third kappa shape index (κ3) is 7.00. The molecule has 0 saturated heterocycles. The fourth-order valence-corrected chi connectivity index (χ4v) is 3.57. The summed E-state index contributed by atoms with van der Waals surface area (Å²) >= 11 is 0. The second-order valence-electron chi connectivity index (χ2n) is 8.73. The Labute approximate surface area is 162 Å². The zero-order valence-electron chi connectivity index (χ0n) is 17.7. The van der Waals surface area contributed by atoms with Gasteiger partial charge >= 0.3 is 0 Å². The van der Waals surface area contributed by atoms with Crippen LogP contribution in [0.5, 0.6) is 0 Å². The van der Waals surface area contributed by atoms with Gasteiger partial charge in [-0.05, 0) is 62.0 Å². The van der Waals surface area contributed by atoms with Crippen molar-refractivity contribution < 1.29 is 0 Å². The molecule has 1 heteroatoms. The molecule has 3 unspecified atom stereocenters. The Balaban J connectivity index is 2.58. The first-order valence-corrected chi connectivity index (χ1v) is 10.1. The molecule has 0 aliphatic heterocycles. The van der Waals surface area contributed by atoms with E-state index in [1.807, 2.05) is 7.05 Å². The second kappa shape index (κ2) is 10.6. The number of nitrogens with one attached hydrogen (secondary N) is 1. The minimum Gasteiger partial charge on any atom is -0.317 e. The predicted molar refractivity (Wildman–Crippen MR) is 117 cm³/mol. The van der Waals surface area contributed by atoms with Crippen molar-refractivity contribution in [2.75, 3.05) is 7.05 Å². The van der Waals surface area contributed by atoms with Gasteiger partial charge in [-0.15, -0.1) is 12.3 Å². The molecule has 1 N–H and O–H groups in total. The topological polar surface area (TPSA) is 12.0 Å². The van der Waals surface area contributed by atoms with E-state index < -0.39 is 0 Å². The van der Waals surface area contributed by atoms with Gasteiger partial charge in [-0.2, -0.15) is 0 Å². The summed E-state index contributed by atoms with van der Waals surface area (Å²) in [5, 5.41) is 3.43. The highest BCUT2D eigenvalue weighted by Crippen LogP contribution is 2.36. The largest absolute Gasteiger partial charge is 0.317 e. The van der Waals surface area contributed by atoms with Gasteiger partial charge in [0, 0.05) is 12.5 Å². The predicted octanol–water partition coefficient (Wildman–Crippen LogP) is 6.46. The van der Waals surface area contributed by atoms with E-state index in [1.165, 1.54) is 16.7 Å². The Morgan fingerprint density at radius 2 is 2.00 bits per heavy atom. The Kier molecular flexibility index (Phi) is 9.17. The maximum Gasteiger partial charge on any atom is 0.0101 e. The van der Waals surface area contributed by atoms with Gasteiger partial charge in [0.05, 0.1) is 0 Å². The van der Waals surface area contributed by atoms with E-state index in [1.54, 1.807) is 0 Å². The van der Waals surface area contributed by atoms with Crippen LogP contribution >= 0.6 is 0 Å². The molecule has 0 heterocycles. The number of hydrogen-bond acceptors (Lipinski definition) is 1. The van der Waals surface area contributed by atoms with Crippen molar-refractivity contribution in [2.24, 2.45) is 17.3 Å². The van der Waals surface area contributed by atoms with E-state index in [0.717, 1.165) is 38.5 Å². The van der Waals surface area contributed by atoms with Crippen LogP contribution in [0.3, 0.4) is 0 Å². The Morgan fingerprint density at radius 3 is 2.58 bits per heavy atom. The highest BCUT2D eigenvalue weighted by Gasteiger charge is 2.25. The van der Waals surface area contributed by atoms with E-state index in [0.29, 0.717) is 17.9 Å². The van der Waals surface area contributed by atoms with Gasteiger partial charge in [-0.25, -0.2) is 0 Å². The average Bonchev–Trinajstić information content (AvgIpc) is 2.58. The maximum absolute atomic E-state index is 5.43. The van der Waals surface area contributed by atoms with E-state index >= 15 is 0 Å². The van der Waals surface area contributed by atoms with Crippen LogP contribution in [0, 0.1) is 29.6 Å². The molecule has 0 aromatic carbocycles. The number of terminal acetylenes is 1. The highest BCUT2D eigenvalue weighted by molar-refractivity contribution is 5.37. The van der Waals surface area contributed by atoms with Crippen molar-refractivity contribution >= 4 is 0 Å². The fraction of sp³-hybridized carbons (Fsp3) is 0.600. The summed E-state index contributed by atoms with van der Waals surface area (Å²) in [5.41, 5.74) is 4.25. The molecule has 0 radical (unpaired) electrons. The number of allylic oxidation sites excluding steroid dienone is 6. The van der Waals surface area contributed by atoms with Crippen molar-refractivity contribution in [3.05, 3.63) is 48.1 Å². The molecule has 1 rings (SSSR count). The first-order chi connectivity index (χ1) is 12.2. The van der Waals surface area contributed by atoms with E-state index in [2.05, 4.69) is 70.3 Å². The van der Waals surface area contributed by atoms with Crippen LogP contribution in [-0.4, -0.2) is 13.1 Å². The third-order valence-corrected chi connectivity index (χ3v) is 5.79. The van der Waals surface area contributed by atoms with Gasteiger partial charge < -0.3 is 5.32 Å². The molecule has 0 bridgehead atoms. The lowest BCUT2D eigenvalue weighted by molar-refractivity contribution is 0.372. The SMILES string of the molecule is C#CCCC(CC1C=CC=C(C(=C)CCCC(=C)C(C)(C)C)C1C)NC. The average molecular weight is 354 g/mol. The molecule has 0 aromatic rings. The summed E-state index contributed by atoms with van der Waals surface area (Å²) in [6.07, 6.45) is 18.5. The molecule has 0 amide bonds. The monoisotopic (exact) mass is 353 g/mol. The van der Waals surface area contributed by atoms with Crippen molar-refractivity contribution in [1.82, 2.24) is 5.32 Å². The zero-order valence-corrected chi connectivity index (χ0v) is 17.7. The first-order valence-electron chi connectivity index (χ1n) is 10.1. The van der Waals surface area contributed by atoms with Crippen LogP contribution in [-0.2, 0) is 0 Å². The van der Waals surface area contributed by atoms with Crippen molar-refractivity contribution in [3.63, 3.8) is 0 Å². The molecule has 0 aromatic heterocycles. The number of hydrogen-bond donors (Lipinski definition) is 1. The third-order valence-electron chi connectivity index (χ3n) is 5.79. The minimum atomic E-state index is 0.202. The van der Waals surface area contributed by atoms with Crippen LogP contribution in [0.1, 0.15) is 66.2 Å². The molecular formula is C25H39N. The van der Waals surface area contributed by atoms with Crippen molar-refractivity contribution in [3.8, 4) is 12.3 Å².